The molecule has 1 aromatic carbocycles. The lowest BCUT2D eigenvalue weighted by Crippen LogP contribution is -2.47. The van der Waals surface area contributed by atoms with Gasteiger partial charge < -0.3 is 14.4 Å². The van der Waals surface area contributed by atoms with Crippen molar-refractivity contribution in [2.24, 2.45) is 0 Å². The van der Waals surface area contributed by atoms with Gasteiger partial charge in [0, 0.05) is 32.5 Å². The number of anilines is 1. The van der Waals surface area contributed by atoms with Crippen LogP contribution >= 0.6 is 0 Å². The molecule has 2 unspecified atom stereocenters. The SMILES string of the molecule is COC1N(C)c2ccccc2C1(C=O)OC. The quantitative estimate of drug-likeness (QED) is 0.718. The van der Waals surface area contributed by atoms with Crippen molar-refractivity contribution in [2.75, 3.05) is 26.2 Å². The summed E-state index contributed by atoms with van der Waals surface area (Å²) >= 11 is 0. The number of para-hydroxylation sites is 1. The Balaban J connectivity index is 2.63. The maximum Gasteiger partial charge on any atom is 0.194 e. The summed E-state index contributed by atoms with van der Waals surface area (Å²) in [6.07, 6.45) is 0.385. The molecule has 1 aliphatic rings. The number of benzene rings is 1. The van der Waals surface area contributed by atoms with Crippen molar-refractivity contribution in [2.45, 2.75) is 11.8 Å². The normalized spacial score (nSPS) is 27.9. The zero-order chi connectivity index (χ0) is 11.8. The van der Waals surface area contributed by atoms with Gasteiger partial charge in [-0.15, -0.1) is 0 Å². The molecule has 0 saturated heterocycles. The second-order valence-electron chi connectivity index (χ2n) is 3.83. The summed E-state index contributed by atoms with van der Waals surface area (Å²) in [6.45, 7) is 0. The summed E-state index contributed by atoms with van der Waals surface area (Å²) in [5, 5.41) is 0. The highest BCUT2D eigenvalue weighted by atomic mass is 16.6. The van der Waals surface area contributed by atoms with Crippen LogP contribution in [0.2, 0.25) is 0 Å². The molecule has 0 amide bonds. The zero-order valence-corrected chi connectivity index (χ0v) is 9.64. The van der Waals surface area contributed by atoms with Crippen LogP contribution in [-0.2, 0) is 19.9 Å². The second-order valence-corrected chi connectivity index (χ2v) is 3.83. The van der Waals surface area contributed by atoms with Crippen LogP contribution in [0.3, 0.4) is 0 Å². The molecule has 2 atom stereocenters. The summed E-state index contributed by atoms with van der Waals surface area (Å²) in [5.74, 6) is 0. The summed E-state index contributed by atoms with van der Waals surface area (Å²) < 4.78 is 10.8. The maximum absolute atomic E-state index is 11.4. The van der Waals surface area contributed by atoms with Gasteiger partial charge in [0.2, 0.25) is 0 Å². The summed E-state index contributed by atoms with van der Waals surface area (Å²) in [4.78, 5) is 13.3. The van der Waals surface area contributed by atoms with Crippen LogP contribution in [0, 0.1) is 0 Å². The Morgan fingerprint density at radius 3 is 2.62 bits per heavy atom. The van der Waals surface area contributed by atoms with Crippen LogP contribution < -0.4 is 4.90 Å². The minimum atomic E-state index is -1.03. The number of carbonyl (C=O) groups excluding carboxylic acids is 1. The molecule has 0 N–H and O–H groups in total. The van der Waals surface area contributed by atoms with E-state index in [-0.39, 0.29) is 0 Å². The standard InChI is InChI=1S/C12H15NO3/c1-13-10-7-5-4-6-9(10)12(8-14,16-3)11(13)15-2/h4-8,11H,1-3H3. The average molecular weight is 221 g/mol. The number of carbonyl (C=O) groups is 1. The predicted octanol–water partition coefficient (Wildman–Crippen LogP) is 1.15. The Morgan fingerprint density at radius 2 is 2.06 bits per heavy atom. The molecule has 0 fully saturated rings. The fourth-order valence-electron chi connectivity index (χ4n) is 2.37. The molecule has 0 aromatic heterocycles. The Labute approximate surface area is 94.8 Å². The van der Waals surface area contributed by atoms with Crippen molar-refractivity contribution in [1.29, 1.82) is 0 Å². The van der Waals surface area contributed by atoms with Crippen molar-refractivity contribution in [1.82, 2.24) is 0 Å². The van der Waals surface area contributed by atoms with E-state index in [1.807, 2.05) is 36.2 Å². The van der Waals surface area contributed by atoms with Gasteiger partial charge in [-0.1, -0.05) is 18.2 Å². The topological polar surface area (TPSA) is 38.8 Å². The lowest BCUT2D eigenvalue weighted by Gasteiger charge is -2.31. The van der Waals surface area contributed by atoms with Crippen molar-refractivity contribution in [3.05, 3.63) is 29.8 Å². The second kappa shape index (κ2) is 3.88. The van der Waals surface area contributed by atoms with Gasteiger partial charge in [-0.05, 0) is 6.07 Å². The van der Waals surface area contributed by atoms with E-state index in [4.69, 9.17) is 9.47 Å². The average Bonchev–Trinajstić information content (AvgIpc) is 2.59. The number of hydrogen-bond donors (Lipinski definition) is 0. The lowest BCUT2D eigenvalue weighted by molar-refractivity contribution is -0.146. The van der Waals surface area contributed by atoms with Crippen LogP contribution in [0.15, 0.2) is 24.3 Å². The molecule has 0 aliphatic carbocycles. The van der Waals surface area contributed by atoms with Crippen LogP contribution in [-0.4, -0.2) is 33.8 Å². The molecule has 4 nitrogen and oxygen atoms in total. The molecule has 0 bridgehead atoms. The maximum atomic E-state index is 11.4. The van der Waals surface area contributed by atoms with E-state index >= 15 is 0 Å². The number of hydrogen-bond acceptors (Lipinski definition) is 4. The first kappa shape index (κ1) is 11.1. The van der Waals surface area contributed by atoms with Gasteiger partial charge >= 0.3 is 0 Å². The van der Waals surface area contributed by atoms with Crippen LogP contribution in [0.25, 0.3) is 0 Å². The minimum Gasteiger partial charge on any atom is -0.361 e. The van der Waals surface area contributed by atoms with Gasteiger partial charge in [0.05, 0.1) is 0 Å². The molecular formula is C12H15NO3. The van der Waals surface area contributed by atoms with E-state index in [1.54, 1.807) is 7.11 Å². The Hall–Kier alpha value is -1.39. The van der Waals surface area contributed by atoms with Gasteiger partial charge in [0.15, 0.2) is 18.1 Å². The van der Waals surface area contributed by atoms with Gasteiger partial charge in [0.25, 0.3) is 0 Å². The largest absolute Gasteiger partial charge is 0.361 e. The third-order valence-electron chi connectivity index (χ3n) is 3.16. The fraction of sp³-hybridized carbons (Fsp3) is 0.417. The molecule has 0 spiro atoms. The third-order valence-corrected chi connectivity index (χ3v) is 3.16. The number of ether oxygens (including phenoxy) is 2. The number of rotatable bonds is 3. The van der Waals surface area contributed by atoms with E-state index in [0.717, 1.165) is 17.5 Å². The molecule has 0 saturated carbocycles. The molecule has 86 valence electrons. The van der Waals surface area contributed by atoms with E-state index in [0.29, 0.717) is 0 Å². The summed E-state index contributed by atoms with van der Waals surface area (Å²) in [7, 11) is 4.98. The predicted molar refractivity (Wildman–Crippen MR) is 60.4 cm³/mol. The molecule has 4 heteroatoms. The lowest BCUT2D eigenvalue weighted by atomic mass is 9.96. The first-order valence-electron chi connectivity index (χ1n) is 5.08. The molecule has 1 heterocycles. The molecule has 1 aliphatic heterocycles. The smallest absolute Gasteiger partial charge is 0.194 e. The zero-order valence-electron chi connectivity index (χ0n) is 9.64. The van der Waals surface area contributed by atoms with E-state index in [2.05, 4.69) is 0 Å². The monoisotopic (exact) mass is 221 g/mol. The van der Waals surface area contributed by atoms with Crippen molar-refractivity contribution in [3.8, 4) is 0 Å². The third kappa shape index (κ3) is 1.20. The Kier molecular flexibility index (Phi) is 2.69. The van der Waals surface area contributed by atoms with E-state index in [1.165, 1.54) is 7.11 Å². The van der Waals surface area contributed by atoms with Gasteiger partial charge in [-0.25, -0.2) is 0 Å². The summed E-state index contributed by atoms with van der Waals surface area (Å²) in [6, 6.07) is 7.66. The summed E-state index contributed by atoms with van der Waals surface area (Å²) in [5.41, 5.74) is 0.783. The first-order chi connectivity index (χ1) is 7.71. The van der Waals surface area contributed by atoms with Crippen LogP contribution in [0.1, 0.15) is 5.56 Å². The molecule has 2 rings (SSSR count). The Bertz CT molecular complexity index is 407. The number of fused-ring (bicyclic) bond motifs is 1. The molecule has 0 radical (unpaired) electrons. The van der Waals surface area contributed by atoms with Crippen LogP contribution in [0.5, 0.6) is 0 Å². The van der Waals surface area contributed by atoms with Gasteiger partial charge in [0.1, 0.15) is 0 Å². The highest BCUT2D eigenvalue weighted by Crippen LogP contribution is 2.43. The van der Waals surface area contributed by atoms with Crippen molar-refractivity contribution >= 4 is 12.0 Å². The highest BCUT2D eigenvalue weighted by Gasteiger charge is 2.51. The van der Waals surface area contributed by atoms with Crippen molar-refractivity contribution in [3.63, 3.8) is 0 Å². The fourth-order valence-corrected chi connectivity index (χ4v) is 2.37. The highest BCUT2D eigenvalue weighted by molar-refractivity contribution is 5.78. The number of likely N-dealkylation sites (N-methyl/N-ethyl adjacent to an activating group) is 1. The molecular weight excluding hydrogens is 206 g/mol. The minimum absolute atomic E-state index is 0.424. The number of aldehydes is 1. The van der Waals surface area contributed by atoms with Crippen LogP contribution in [0.4, 0.5) is 5.69 Å². The van der Waals surface area contributed by atoms with Crippen molar-refractivity contribution < 1.29 is 14.3 Å². The van der Waals surface area contributed by atoms with Gasteiger partial charge in [-0.2, -0.15) is 0 Å². The van der Waals surface area contributed by atoms with Gasteiger partial charge in [-0.3, -0.25) is 4.79 Å². The Morgan fingerprint density at radius 1 is 1.38 bits per heavy atom. The number of nitrogens with zero attached hydrogens (tertiary/aromatic N) is 1. The first-order valence-corrected chi connectivity index (χ1v) is 5.08. The van der Waals surface area contributed by atoms with E-state index in [9.17, 15) is 4.79 Å². The molecule has 1 aromatic rings. The molecule has 16 heavy (non-hydrogen) atoms. The number of methoxy groups -OCH3 is 2. The van der Waals surface area contributed by atoms with E-state index < -0.39 is 11.8 Å².